The number of hydrogen-bond acceptors (Lipinski definition) is 6. The number of carbonyl (C=O) groups excluding carboxylic acids is 1. The number of methoxy groups -OCH3 is 1. The molecule has 0 atom stereocenters. The number of rotatable bonds is 4. The second-order valence-electron chi connectivity index (χ2n) is 4.32. The van der Waals surface area contributed by atoms with Crippen LogP contribution in [0.2, 0.25) is 0 Å². The zero-order chi connectivity index (χ0) is 15.4. The largest absolute Gasteiger partial charge is 0.480 e. The molecular weight excluding hydrogens is 284 g/mol. The van der Waals surface area contributed by atoms with E-state index < -0.39 is 0 Å². The molecule has 0 saturated heterocycles. The number of amides is 1. The van der Waals surface area contributed by atoms with Crippen molar-refractivity contribution in [2.75, 3.05) is 12.4 Å². The number of tetrazole rings is 1. The summed E-state index contributed by atoms with van der Waals surface area (Å²) in [5, 5.41) is 13.7. The average molecular weight is 296 g/mol. The topological polar surface area (TPSA) is 94.8 Å². The molecule has 110 valence electrons. The molecule has 2 aromatic heterocycles. The van der Waals surface area contributed by atoms with Crippen LogP contribution in [0.1, 0.15) is 10.4 Å². The van der Waals surface area contributed by atoms with E-state index in [0.717, 1.165) is 5.69 Å². The van der Waals surface area contributed by atoms with Gasteiger partial charge in [0.25, 0.3) is 5.91 Å². The number of pyridine rings is 1. The number of benzene rings is 1. The van der Waals surface area contributed by atoms with E-state index in [0.29, 0.717) is 11.3 Å². The molecule has 3 aromatic rings. The predicted molar refractivity (Wildman–Crippen MR) is 77.9 cm³/mol. The van der Waals surface area contributed by atoms with Crippen LogP contribution < -0.4 is 10.1 Å². The van der Waals surface area contributed by atoms with E-state index in [1.54, 1.807) is 42.6 Å². The number of nitrogens with zero attached hydrogens (tertiary/aromatic N) is 5. The average Bonchev–Trinajstić information content (AvgIpc) is 3.10. The van der Waals surface area contributed by atoms with E-state index in [4.69, 9.17) is 4.74 Å². The van der Waals surface area contributed by atoms with E-state index in [1.165, 1.54) is 18.1 Å². The maximum atomic E-state index is 12.2. The second-order valence-corrected chi connectivity index (χ2v) is 4.32. The van der Waals surface area contributed by atoms with Crippen molar-refractivity contribution >= 4 is 11.6 Å². The zero-order valence-corrected chi connectivity index (χ0v) is 11.7. The van der Waals surface area contributed by atoms with E-state index in [2.05, 4.69) is 25.8 Å². The number of ether oxygens (including phenoxy) is 1. The molecule has 1 N–H and O–H groups in total. The Kier molecular flexibility index (Phi) is 3.73. The van der Waals surface area contributed by atoms with Gasteiger partial charge in [-0.05, 0) is 46.8 Å². The quantitative estimate of drug-likeness (QED) is 0.780. The first kappa shape index (κ1) is 13.7. The SMILES string of the molecule is COc1ncccc1C(=O)Nc1ccc(-n2cnnn2)cc1. The van der Waals surface area contributed by atoms with Gasteiger partial charge in [-0.1, -0.05) is 0 Å². The lowest BCUT2D eigenvalue weighted by Gasteiger charge is -2.08. The number of aromatic nitrogens is 5. The van der Waals surface area contributed by atoms with Gasteiger partial charge in [0.05, 0.1) is 12.8 Å². The summed E-state index contributed by atoms with van der Waals surface area (Å²) in [6, 6.07) is 10.4. The lowest BCUT2D eigenvalue weighted by molar-refractivity contribution is 0.102. The van der Waals surface area contributed by atoms with Crippen molar-refractivity contribution in [3.8, 4) is 11.6 Å². The van der Waals surface area contributed by atoms with Gasteiger partial charge >= 0.3 is 0 Å². The van der Waals surface area contributed by atoms with Crippen molar-refractivity contribution in [1.82, 2.24) is 25.2 Å². The molecule has 3 rings (SSSR count). The van der Waals surface area contributed by atoms with Crippen molar-refractivity contribution in [3.05, 3.63) is 54.5 Å². The molecule has 8 heteroatoms. The molecule has 22 heavy (non-hydrogen) atoms. The lowest BCUT2D eigenvalue weighted by Crippen LogP contribution is -2.13. The second kappa shape index (κ2) is 6.00. The van der Waals surface area contributed by atoms with Gasteiger partial charge in [0, 0.05) is 11.9 Å². The molecule has 0 spiro atoms. The first-order chi connectivity index (χ1) is 10.8. The number of hydrogen-bond donors (Lipinski definition) is 1. The van der Waals surface area contributed by atoms with Crippen LogP contribution in [0.15, 0.2) is 48.9 Å². The summed E-state index contributed by atoms with van der Waals surface area (Å²) in [6.45, 7) is 0. The minimum atomic E-state index is -0.292. The Morgan fingerprint density at radius 2 is 2.05 bits per heavy atom. The van der Waals surface area contributed by atoms with E-state index in [9.17, 15) is 4.79 Å². The van der Waals surface area contributed by atoms with Crippen molar-refractivity contribution in [1.29, 1.82) is 0 Å². The lowest BCUT2D eigenvalue weighted by atomic mass is 10.2. The summed E-state index contributed by atoms with van der Waals surface area (Å²) >= 11 is 0. The van der Waals surface area contributed by atoms with Crippen LogP contribution in [0.3, 0.4) is 0 Å². The van der Waals surface area contributed by atoms with E-state index in [-0.39, 0.29) is 11.8 Å². The third-order valence-corrected chi connectivity index (χ3v) is 2.95. The molecule has 0 unspecified atom stereocenters. The molecule has 0 aliphatic carbocycles. The fourth-order valence-electron chi connectivity index (χ4n) is 1.90. The molecule has 0 fully saturated rings. The number of nitrogens with one attached hydrogen (secondary N) is 1. The minimum absolute atomic E-state index is 0.283. The normalized spacial score (nSPS) is 10.2. The molecule has 0 aliphatic rings. The molecule has 0 saturated carbocycles. The third-order valence-electron chi connectivity index (χ3n) is 2.95. The molecule has 1 aromatic carbocycles. The van der Waals surface area contributed by atoms with Gasteiger partial charge < -0.3 is 10.1 Å². The van der Waals surface area contributed by atoms with E-state index >= 15 is 0 Å². The van der Waals surface area contributed by atoms with Crippen LogP contribution in [0.25, 0.3) is 5.69 Å². The number of carbonyl (C=O) groups is 1. The first-order valence-electron chi connectivity index (χ1n) is 6.42. The fourth-order valence-corrected chi connectivity index (χ4v) is 1.90. The molecule has 0 radical (unpaired) electrons. The molecule has 0 aliphatic heterocycles. The highest BCUT2D eigenvalue weighted by Gasteiger charge is 2.12. The zero-order valence-electron chi connectivity index (χ0n) is 11.7. The number of anilines is 1. The van der Waals surface area contributed by atoms with Crippen LogP contribution in [0.5, 0.6) is 5.88 Å². The fraction of sp³-hybridized carbons (Fsp3) is 0.0714. The molecule has 8 nitrogen and oxygen atoms in total. The summed E-state index contributed by atoms with van der Waals surface area (Å²) in [7, 11) is 1.47. The highest BCUT2D eigenvalue weighted by Crippen LogP contribution is 2.17. The van der Waals surface area contributed by atoms with Gasteiger partial charge in [0.1, 0.15) is 11.9 Å². The summed E-state index contributed by atoms with van der Waals surface area (Å²) in [6.07, 6.45) is 3.06. The molecular formula is C14H12N6O2. The third kappa shape index (κ3) is 2.75. The van der Waals surface area contributed by atoms with Crippen LogP contribution >= 0.6 is 0 Å². The summed E-state index contributed by atoms with van der Waals surface area (Å²) < 4.78 is 6.60. The first-order valence-corrected chi connectivity index (χ1v) is 6.42. The molecule has 0 bridgehead atoms. The maximum Gasteiger partial charge on any atom is 0.261 e. The Balaban J connectivity index is 1.77. The Labute approximate surface area is 125 Å². The monoisotopic (exact) mass is 296 g/mol. The Morgan fingerprint density at radius 1 is 1.23 bits per heavy atom. The maximum absolute atomic E-state index is 12.2. The van der Waals surface area contributed by atoms with E-state index in [1.807, 2.05) is 0 Å². The van der Waals surface area contributed by atoms with Crippen molar-refractivity contribution < 1.29 is 9.53 Å². The highest BCUT2D eigenvalue weighted by atomic mass is 16.5. The Morgan fingerprint density at radius 3 is 2.73 bits per heavy atom. The standard InChI is InChI=1S/C14H12N6O2/c1-22-14-12(3-2-8-15-14)13(21)17-10-4-6-11(7-5-10)20-9-16-18-19-20/h2-9H,1H3,(H,17,21). The van der Waals surface area contributed by atoms with Gasteiger partial charge in [-0.25, -0.2) is 9.67 Å². The van der Waals surface area contributed by atoms with Crippen LogP contribution in [-0.2, 0) is 0 Å². The van der Waals surface area contributed by atoms with Gasteiger partial charge in [-0.2, -0.15) is 0 Å². The highest BCUT2D eigenvalue weighted by molar-refractivity contribution is 6.05. The van der Waals surface area contributed by atoms with Crippen LogP contribution in [0.4, 0.5) is 5.69 Å². The van der Waals surface area contributed by atoms with Crippen LogP contribution in [0, 0.1) is 0 Å². The van der Waals surface area contributed by atoms with Crippen LogP contribution in [-0.4, -0.2) is 38.2 Å². The van der Waals surface area contributed by atoms with Gasteiger partial charge in [0.2, 0.25) is 5.88 Å². The predicted octanol–water partition coefficient (Wildman–Crippen LogP) is 1.32. The van der Waals surface area contributed by atoms with Crippen molar-refractivity contribution in [3.63, 3.8) is 0 Å². The Bertz CT molecular complexity index is 770. The van der Waals surface area contributed by atoms with Gasteiger partial charge in [-0.15, -0.1) is 5.10 Å². The van der Waals surface area contributed by atoms with Crippen molar-refractivity contribution in [2.45, 2.75) is 0 Å². The molecule has 1 amide bonds. The summed E-state index contributed by atoms with van der Waals surface area (Å²) in [5.41, 5.74) is 1.81. The summed E-state index contributed by atoms with van der Waals surface area (Å²) in [5.74, 6) is -0.00886. The smallest absolute Gasteiger partial charge is 0.261 e. The van der Waals surface area contributed by atoms with Gasteiger partial charge in [0.15, 0.2) is 0 Å². The van der Waals surface area contributed by atoms with Crippen molar-refractivity contribution in [2.24, 2.45) is 0 Å². The molecule has 2 heterocycles. The minimum Gasteiger partial charge on any atom is -0.480 e. The Hall–Kier alpha value is -3.29. The summed E-state index contributed by atoms with van der Waals surface area (Å²) in [4.78, 5) is 16.2. The van der Waals surface area contributed by atoms with Gasteiger partial charge in [-0.3, -0.25) is 4.79 Å².